The van der Waals surface area contributed by atoms with Crippen LogP contribution in [0.4, 0.5) is 0 Å². The highest BCUT2D eigenvalue weighted by Crippen LogP contribution is 2.14. The molecule has 1 rings (SSSR count). The number of nitrogens with zero attached hydrogens (tertiary/aromatic N) is 1. The summed E-state index contributed by atoms with van der Waals surface area (Å²) >= 11 is 0. The van der Waals surface area contributed by atoms with Gasteiger partial charge in [0.05, 0.1) is 11.6 Å². The molecule has 0 saturated carbocycles. The van der Waals surface area contributed by atoms with Crippen molar-refractivity contribution >= 4 is 11.6 Å². The van der Waals surface area contributed by atoms with Crippen molar-refractivity contribution < 1.29 is 4.79 Å². The predicted octanol–water partition coefficient (Wildman–Crippen LogP) is 0.237. The fourth-order valence-corrected chi connectivity index (χ4v) is 1.38. The maximum Gasteiger partial charge on any atom is 0.248 e. The fraction of sp³-hybridized carbons (Fsp3) is 0.750. The first-order chi connectivity index (χ1) is 5.79. The number of hydrogen-bond donors (Lipinski definition) is 2. The summed E-state index contributed by atoms with van der Waals surface area (Å²) in [5.74, 6) is -0.0566. The smallest absolute Gasteiger partial charge is 0.248 e. The van der Waals surface area contributed by atoms with Crippen molar-refractivity contribution in [3.63, 3.8) is 0 Å². The third kappa shape index (κ3) is 1.82. The van der Waals surface area contributed by atoms with E-state index >= 15 is 0 Å². The van der Waals surface area contributed by atoms with Crippen LogP contribution in [-0.4, -0.2) is 18.2 Å². The van der Waals surface area contributed by atoms with Gasteiger partial charge in [-0.05, 0) is 19.4 Å². The van der Waals surface area contributed by atoms with Crippen LogP contribution in [0.25, 0.3) is 0 Å². The lowest BCUT2D eigenvalue weighted by atomic mass is 9.97. The third-order valence-corrected chi connectivity index (χ3v) is 1.99. The zero-order chi connectivity index (χ0) is 8.97. The van der Waals surface area contributed by atoms with Gasteiger partial charge in [-0.2, -0.15) is 5.10 Å². The molecule has 12 heavy (non-hydrogen) atoms. The number of hydrogen-bond acceptors (Lipinski definition) is 3. The topological polar surface area (TPSA) is 67.5 Å². The van der Waals surface area contributed by atoms with Gasteiger partial charge in [0, 0.05) is 0 Å². The Balaban J connectivity index is 2.54. The summed E-state index contributed by atoms with van der Waals surface area (Å²) in [7, 11) is 0. The molecular weight excluding hydrogens is 154 g/mol. The molecule has 4 nitrogen and oxygen atoms in total. The number of rotatable bonds is 4. The maximum atomic E-state index is 11.2. The van der Waals surface area contributed by atoms with E-state index in [1.807, 2.05) is 0 Å². The molecule has 0 aromatic carbocycles. The van der Waals surface area contributed by atoms with E-state index in [9.17, 15) is 4.79 Å². The Morgan fingerprint density at radius 2 is 2.42 bits per heavy atom. The fourth-order valence-electron chi connectivity index (χ4n) is 1.38. The van der Waals surface area contributed by atoms with Crippen molar-refractivity contribution in [2.45, 2.75) is 26.2 Å². The van der Waals surface area contributed by atoms with Crippen LogP contribution >= 0.6 is 0 Å². The van der Waals surface area contributed by atoms with Crippen LogP contribution in [0.5, 0.6) is 0 Å². The van der Waals surface area contributed by atoms with Gasteiger partial charge in [0.15, 0.2) is 0 Å². The summed E-state index contributed by atoms with van der Waals surface area (Å²) in [6.45, 7) is 2.62. The van der Waals surface area contributed by atoms with Gasteiger partial charge in [-0.25, -0.2) is 5.43 Å². The molecule has 0 radical (unpaired) electrons. The quantitative estimate of drug-likeness (QED) is 0.633. The Hall–Kier alpha value is -0.900. The Morgan fingerprint density at radius 3 is 3.00 bits per heavy atom. The van der Waals surface area contributed by atoms with Crippen molar-refractivity contribution in [2.75, 3.05) is 6.54 Å². The van der Waals surface area contributed by atoms with E-state index in [-0.39, 0.29) is 11.8 Å². The number of nitrogens with two attached hydrogens (primary N) is 1. The van der Waals surface area contributed by atoms with Gasteiger partial charge in [0.25, 0.3) is 0 Å². The van der Waals surface area contributed by atoms with Crippen molar-refractivity contribution in [2.24, 2.45) is 16.8 Å². The van der Waals surface area contributed by atoms with E-state index in [2.05, 4.69) is 17.5 Å². The van der Waals surface area contributed by atoms with E-state index in [4.69, 9.17) is 5.73 Å². The van der Waals surface area contributed by atoms with Crippen LogP contribution in [0.2, 0.25) is 0 Å². The van der Waals surface area contributed by atoms with Gasteiger partial charge in [-0.1, -0.05) is 13.3 Å². The van der Waals surface area contributed by atoms with Gasteiger partial charge in [0.1, 0.15) is 0 Å². The Labute approximate surface area is 72.2 Å². The van der Waals surface area contributed by atoms with Crippen molar-refractivity contribution in [3.8, 4) is 0 Å². The predicted molar refractivity (Wildman–Crippen MR) is 47.6 cm³/mol. The highest BCUT2D eigenvalue weighted by molar-refractivity contribution is 6.07. The average Bonchev–Trinajstić information content (AvgIpc) is 2.37. The summed E-state index contributed by atoms with van der Waals surface area (Å²) < 4.78 is 0. The summed E-state index contributed by atoms with van der Waals surface area (Å²) in [4.78, 5) is 11.2. The van der Waals surface area contributed by atoms with Crippen molar-refractivity contribution in [1.82, 2.24) is 5.43 Å². The molecule has 68 valence electrons. The van der Waals surface area contributed by atoms with Crippen LogP contribution in [0.15, 0.2) is 5.10 Å². The second-order valence-electron chi connectivity index (χ2n) is 2.96. The highest BCUT2D eigenvalue weighted by Gasteiger charge is 2.27. The summed E-state index contributed by atoms with van der Waals surface area (Å²) in [6, 6.07) is 0. The Morgan fingerprint density at radius 1 is 1.67 bits per heavy atom. The number of nitrogens with one attached hydrogen (secondary N) is 1. The molecule has 4 heteroatoms. The number of hydrazone groups is 1. The minimum Gasteiger partial charge on any atom is -0.330 e. The minimum atomic E-state index is -0.0602. The number of carbonyl (C=O) groups excluding carboxylic acids is 1. The summed E-state index contributed by atoms with van der Waals surface area (Å²) in [6.07, 6.45) is 2.63. The average molecular weight is 169 g/mol. The molecule has 0 bridgehead atoms. The Bertz CT molecular complexity index is 200. The minimum absolute atomic E-state index is 0.00361. The summed E-state index contributed by atoms with van der Waals surface area (Å²) in [5.41, 5.74) is 8.84. The van der Waals surface area contributed by atoms with Crippen molar-refractivity contribution in [3.05, 3.63) is 0 Å². The monoisotopic (exact) mass is 169 g/mol. The van der Waals surface area contributed by atoms with Crippen molar-refractivity contribution in [1.29, 1.82) is 0 Å². The molecule has 0 aromatic rings. The molecule has 1 unspecified atom stereocenters. The third-order valence-electron chi connectivity index (χ3n) is 1.99. The lowest BCUT2D eigenvalue weighted by molar-refractivity contribution is -0.122. The zero-order valence-corrected chi connectivity index (χ0v) is 7.34. The second-order valence-corrected chi connectivity index (χ2v) is 2.96. The molecule has 0 spiro atoms. The van der Waals surface area contributed by atoms with Gasteiger partial charge >= 0.3 is 0 Å². The first-order valence-corrected chi connectivity index (χ1v) is 4.36. The standard InChI is InChI=1S/C8H15N3O/c1-2-3-7-6(4-5-9)8(12)11-10-7/h6H,2-5,9H2,1H3,(H,11,12). The van der Waals surface area contributed by atoms with Crippen LogP contribution < -0.4 is 11.2 Å². The lowest BCUT2D eigenvalue weighted by Gasteiger charge is -2.06. The number of amides is 1. The highest BCUT2D eigenvalue weighted by atomic mass is 16.2. The molecule has 1 atom stereocenters. The van der Waals surface area contributed by atoms with E-state index < -0.39 is 0 Å². The van der Waals surface area contributed by atoms with E-state index in [0.29, 0.717) is 13.0 Å². The van der Waals surface area contributed by atoms with Crippen LogP contribution in [0.3, 0.4) is 0 Å². The maximum absolute atomic E-state index is 11.2. The molecule has 3 N–H and O–H groups in total. The van der Waals surface area contributed by atoms with Crippen LogP contribution in [0.1, 0.15) is 26.2 Å². The molecular formula is C8H15N3O. The van der Waals surface area contributed by atoms with Gasteiger partial charge in [0.2, 0.25) is 5.91 Å². The van der Waals surface area contributed by atoms with Gasteiger partial charge in [-0.3, -0.25) is 4.79 Å². The van der Waals surface area contributed by atoms with Gasteiger partial charge in [-0.15, -0.1) is 0 Å². The first kappa shape index (κ1) is 9.19. The number of carbonyl (C=O) groups is 1. The molecule has 1 aliphatic rings. The molecule has 1 heterocycles. The first-order valence-electron chi connectivity index (χ1n) is 4.36. The molecule has 1 amide bonds. The SMILES string of the molecule is CCCC1=NNC(=O)C1CCN. The van der Waals surface area contributed by atoms with Gasteiger partial charge < -0.3 is 5.73 Å². The molecule has 0 fully saturated rings. The molecule has 0 aromatic heterocycles. The lowest BCUT2D eigenvalue weighted by Crippen LogP contribution is -2.25. The largest absolute Gasteiger partial charge is 0.330 e. The molecule has 0 aliphatic carbocycles. The van der Waals surface area contributed by atoms with Crippen LogP contribution in [0, 0.1) is 5.92 Å². The summed E-state index contributed by atoms with van der Waals surface area (Å²) in [5, 5.41) is 3.97. The van der Waals surface area contributed by atoms with E-state index in [0.717, 1.165) is 18.6 Å². The van der Waals surface area contributed by atoms with E-state index in [1.54, 1.807) is 0 Å². The second kappa shape index (κ2) is 4.21. The van der Waals surface area contributed by atoms with Crippen LogP contribution in [-0.2, 0) is 4.79 Å². The normalized spacial score (nSPS) is 22.3. The van der Waals surface area contributed by atoms with E-state index in [1.165, 1.54) is 0 Å². The molecule has 1 aliphatic heterocycles. The molecule has 0 saturated heterocycles. The zero-order valence-electron chi connectivity index (χ0n) is 7.34. The Kier molecular flexibility index (Phi) is 3.22.